The summed E-state index contributed by atoms with van der Waals surface area (Å²) >= 11 is 0. The Labute approximate surface area is 125 Å². The van der Waals surface area contributed by atoms with E-state index < -0.39 is 0 Å². The largest absolute Gasteiger partial charge is 0.385 e. The van der Waals surface area contributed by atoms with Crippen LogP contribution >= 0.6 is 0 Å². The van der Waals surface area contributed by atoms with Crippen LogP contribution in [0.15, 0.2) is 0 Å². The normalized spacial score (nSPS) is 27.9. The van der Waals surface area contributed by atoms with E-state index in [1.54, 1.807) is 0 Å². The standard InChI is InChI=1S/C17H34N2O/c1-16(2,3)15-13-18-17(9-6-5-7-10-17)14-19(15)11-8-12-20-4/h15,18H,5-14H2,1-4H3. The SMILES string of the molecule is COCCCN1CC2(CCCCC2)NCC1C(C)(C)C. The van der Waals surface area contributed by atoms with Crippen molar-refractivity contribution in [3.05, 3.63) is 0 Å². The Morgan fingerprint density at radius 3 is 2.50 bits per heavy atom. The molecule has 1 heterocycles. The van der Waals surface area contributed by atoms with E-state index in [0.29, 0.717) is 17.0 Å². The number of nitrogens with zero attached hydrogens (tertiary/aromatic N) is 1. The van der Waals surface area contributed by atoms with Crippen molar-refractivity contribution in [2.45, 2.75) is 70.9 Å². The highest BCUT2D eigenvalue weighted by Gasteiger charge is 2.42. The molecule has 118 valence electrons. The number of piperazine rings is 1. The highest BCUT2D eigenvalue weighted by molar-refractivity contribution is 5.02. The van der Waals surface area contributed by atoms with E-state index in [9.17, 15) is 0 Å². The molecule has 1 N–H and O–H groups in total. The van der Waals surface area contributed by atoms with Crippen molar-refractivity contribution in [3.63, 3.8) is 0 Å². The Morgan fingerprint density at radius 2 is 1.90 bits per heavy atom. The lowest BCUT2D eigenvalue weighted by Gasteiger charge is -2.53. The van der Waals surface area contributed by atoms with Gasteiger partial charge in [0.1, 0.15) is 0 Å². The summed E-state index contributed by atoms with van der Waals surface area (Å²) in [6, 6.07) is 0.645. The van der Waals surface area contributed by atoms with Crippen LogP contribution in [0.5, 0.6) is 0 Å². The molecule has 0 bridgehead atoms. The Kier molecular flexibility index (Phi) is 5.49. The average molecular weight is 282 g/mol. The zero-order valence-corrected chi connectivity index (χ0v) is 14.0. The van der Waals surface area contributed by atoms with Gasteiger partial charge in [-0.05, 0) is 24.7 Å². The monoisotopic (exact) mass is 282 g/mol. The second kappa shape index (κ2) is 6.76. The van der Waals surface area contributed by atoms with Gasteiger partial charge in [-0.3, -0.25) is 4.90 Å². The van der Waals surface area contributed by atoms with Crippen molar-refractivity contribution in [3.8, 4) is 0 Å². The first-order valence-electron chi connectivity index (χ1n) is 8.45. The van der Waals surface area contributed by atoms with Crippen molar-refractivity contribution in [2.24, 2.45) is 5.41 Å². The summed E-state index contributed by atoms with van der Waals surface area (Å²) in [5.74, 6) is 0. The van der Waals surface area contributed by atoms with Gasteiger partial charge in [0.25, 0.3) is 0 Å². The van der Waals surface area contributed by atoms with E-state index in [2.05, 4.69) is 31.0 Å². The predicted molar refractivity (Wildman–Crippen MR) is 85.1 cm³/mol. The molecule has 0 aromatic carbocycles. The molecular weight excluding hydrogens is 248 g/mol. The number of rotatable bonds is 4. The smallest absolute Gasteiger partial charge is 0.0474 e. The molecule has 0 aromatic heterocycles. The van der Waals surface area contributed by atoms with E-state index >= 15 is 0 Å². The highest BCUT2D eigenvalue weighted by atomic mass is 16.5. The molecule has 1 atom stereocenters. The number of methoxy groups -OCH3 is 1. The molecule has 1 saturated carbocycles. The van der Waals surface area contributed by atoms with E-state index in [1.165, 1.54) is 45.2 Å². The predicted octanol–water partition coefficient (Wildman–Crippen LogP) is 3.05. The fraction of sp³-hybridized carbons (Fsp3) is 1.00. The molecule has 1 spiro atoms. The summed E-state index contributed by atoms with van der Waals surface area (Å²) < 4.78 is 5.25. The van der Waals surface area contributed by atoms with Gasteiger partial charge in [0, 0.05) is 44.9 Å². The van der Waals surface area contributed by atoms with Gasteiger partial charge in [-0.25, -0.2) is 0 Å². The Morgan fingerprint density at radius 1 is 1.20 bits per heavy atom. The van der Waals surface area contributed by atoms with Gasteiger partial charge >= 0.3 is 0 Å². The molecule has 20 heavy (non-hydrogen) atoms. The topological polar surface area (TPSA) is 24.5 Å². The molecule has 1 saturated heterocycles. The van der Waals surface area contributed by atoms with Gasteiger partial charge in [-0.2, -0.15) is 0 Å². The van der Waals surface area contributed by atoms with Crippen LogP contribution in [0.4, 0.5) is 0 Å². The van der Waals surface area contributed by atoms with Crippen LogP contribution in [-0.2, 0) is 4.74 Å². The van der Waals surface area contributed by atoms with Crippen LogP contribution in [0.1, 0.15) is 59.3 Å². The molecule has 0 aromatic rings. The molecule has 1 aliphatic heterocycles. The lowest BCUT2D eigenvalue weighted by Crippen LogP contribution is -2.67. The quantitative estimate of drug-likeness (QED) is 0.802. The van der Waals surface area contributed by atoms with Crippen LogP contribution in [-0.4, -0.2) is 49.8 Å². The lowest BCUT2D eigenvalue weighted by atomic mass is 9.76. The molecular formula is C17H34N2O. The maximum atomic E-state index is 5.25. The van der Waals surface area contributed by atoms with Gasteiger partial charge in [0.2, 0.25) is 0 Å². The zero-order valence-electron chi connectivity index (χ0n) is 14.0. The van der Waals surface area contributed by atoms with E-state index in [0.717, 1.165) is 19.6 Å². The molecule has 2 rings (SSSR count). The van der Waals surface area contributed by atoms with Gasteiger partial charge in [-0.15, -0.1) is 0 Å². The number of hydrogen-bond acceptors (Lipinski definition) is 3. The van der Waals surface area contributed by atoms with Crippen molar-refractivity contribution in [1.29, 1.82) is 0 Å². The van der Waals surface area contributed by atoms with E-state index in [-0.39, 0.29) is 0 Å². The summed E-state index contributed by atoms with van der Waals surface area (Å²) in [7, 11) is 1.81. The van der Waals surface area contributed by atoms with Crippen LogP contribution in [0.3, 0.4) is 0 Å². The summed E-state index contributed by atoms with van der Waals surface area (Å²) in [4.78, 5) is 2.75. The van der Waals surface area contributed by atoms with Crippen LogP contribution in [0, 0.1) is 5.41 Å². The number of nitrogens with one attached hydrogen (secondary N) is 1. The van der Waals surface area contributed by atoms with Crippen molar-refractivity contribution < 1.29 is 4.74 Å². The Balaban J connectivity index is 2.01. The molecule has 3 heteroatoms. The third-order valence-electron chi connectivity index (χ3n) is 5.22. The van der Waals surface area contributed by atoms with Crippen molar-refractivity contribution in [1.82, 2.24) is 10.2 Å². The van der Waals surface area contributed by atoms with E-state index in [4.69, 9.17) is 4.74 Å². The van der Waals surface area contributed by atoms with Crippen LogP contribution in [0.25, 0.3) is 0 Å². The first-order chi connectivity index (χ1) is 9.47. The van der Waals surface area contributed by atoms with Crippen LogP contribution < -0.4 is 5.32 Å². The summed E-state index contributed by atoms with van der Waals surface area (Å²) in [6.07, 6.45) is 8.11. The number of hydrogen-bond donors (Lipinski definition) is 1. The average Bonchev–Trinajstić information content (AvgIpc) is 2.38. The zero-order chi connectivity index (χ0) is 14.6. The molecule has 0 amide bonds. The number of ether oxygens (including phenoxy) is 1. The van der Waals surface area contributed by atoms with Gasteiger partial charge in [0.05, 0.1) is 0 Å². The van der Waals surface area contributed by atoms with Crippen LogP contribution in [0.2, 0.25) is 0 Å². The maximum absolute atomic E-state index is 5.25. The molecule has 1 unspecified atom stereocenters. The minimum Gasteiger partial charge on any atom is -0.385 e. The molecule has 2 fully saturated rings. The Hall–Kier alpha value is -0.120. The second-order valence-corrected chi connectivity index (χ2v) is 7.92. The summed E-state index contributed by atoms with van der Waals surface area (Å²) in [5.41, 5.74) is 0.753. The molecule has 0 radical (unpaired) electrons. The Bertz CT molecular complexity index is 292. The molecule has 2 aliphatic rings. The lowest BCUT2D eigenvalue weighted by molar-refractivity contribution is 0.00421. The fourth-order valence-electron chi connectivity index (χ4n) is 4.06. The fourth-order valence-corrected chi connectivity index (χ4v) is 4.06. The van der Waals surface area contributed by atoms with E-state index in [1.807, 2.05) is 7.11 Å². The minimum absolute atomic E-state index is 0.344. The third kappa shape index (κ3) is 3.96. The summed E-state index contributed by atoms with van der Waals surface area (Å²) in [6.45, 7) is 11.6. The van der Waals surface area contributed by atoms with Gasteiger partial charge in [-0.1, -0.05) is 40.0 Å². The second-order valence-electron chi connectivity index (χ2n) is 7.92. The van der Waals surface area contributed by atoms with Crippen molar-refractivity contribution >= 4 is 0 Å². The highest BCUT2D eigenvalue weighted by Crippen LogP contribution is 2.35. The van der Waals surface area contributed by atoms with Gasteiger partial charge < -0.3 is 10.1 Å². The summed E-state index contributed by atoms with van der Waals surface area (Å²) in [5, 5.41) is 3.94. The minimum atomic E-state index is 0.344. The molecule has 3 nitrogen and oxygen atoms in total. The maximum Gasteiger partial charge on any atom is 0.0474 e. The first kappa shape index (κ1) is 16.3. The van der Waals surface area contributed by atoms with Crippen molar-refractivity contribution in [2.75, 3.05) is 33.4 Å². The third-order valence-corrected chi connectivity index (χ3v) is 5.22. The molecule has 1 aliphatic carbocycles. The van der Waals surface area contributed by atoms with Gasteiger partial charge in [0.15, 0.2) is 0 Å². The first-order valence-corrected chi connectivity index (χ1v) is 8.45.